The van der Waals surface area contributed by atoms with Gasteiger partial charge in [-0.2, -0.15) is 0 Å². The Morgan fingerprint density at radius 2 is 2.07 bits per heavy atom. The number of aromatic hydroxyl groups is 1. The average Bonchev–Trinajstić information content (AvgIpc) is 2.78. The zero-order chi connectivity index (χ0) is 10.5. The van der Waals surface area contributed by atoms with Crippen molar-refractivity contribution in [1.29, 1.82) is 0 Å². The predicted molar refractivity (Wildman–Crippen MR) is 60.8 cm³/mol. The van der Waals surface area contributed by atoms with Gasteiger partial charge in [-0.25, -0.2) is 0 Å². The molecule has 0 saturated heterocycles. The highest BCUT2D eigenvalue weighted by molar-refractivity contribution is 5.42. The largest absolute Gasteiger partial charge is 0.508 e. The SMILES string of the molecule is CC1(c2ccccc2O)CC2C=CC1C2. The van der Waals surface area contributed by atoms with Crippen LogP contribution in [0.5, 0.6) is 5.75 Å². The number of phenols is 1. The highest BCUT2D eigenvalue weighted by atomic mass is 16.3. The standard InChI is InChI=1S/C14H16O/c1-14(9-10-6-7-11(14)8-10)12-4-2-3-5-13(12)15/h2-7,10-11,15H,8-9H2,1H3. The minimum absolute atomic E-state index is 0.158. The molecule has 0 aromatic heterocycles. The fourth-order valence-electron chi connectivity index (χ4n) is 3.36. The van der Waals surface area contributed by atoms with Crippen molar-refractivity contribution >= 4 is 0 Å². The van der Waals surface area contributed by atoms with Crippen molar-refractivity contribution in [3.63, 3.8) is 0 Å². The molecule has 2 aliphatic rings. The Balaban J connectivity index is 2.08. The van der Waals surface area contributed by atoms with Crippen LogP contribution < -0.4 is 0 Å². The van der Waals surface area contributed by atoms with Crippen LogP contribution in [0, 0.1) is 11.8 Å². The molecule has 3 rings (SSSR count). The van der Waals surface area contributed by atoms with Gasteiger partial charge in [0.15, 0.2) is 0 Å². The van der Waals surface area contributed by atoms with Crippen molar-refractivity contribution in [2.24, 2.45) is 11.8 Å². The number of hydrogen-bond acceptors (Lipinski definition) is 1. The van der Waals surface area contributed by atoms with E-state index in [9.17, 15) is 5.11 Å². The zero-order valence-electron chi connectivity index (χ0n) is 8.98. The normalized spacial score (nSPS) is 37.4. The average molecular weight is 200 g/mol. The molecule has 0 spiro atoms. The Morgan fingerprint density at radius 3 is 2.67 bits per heavy atom. The predicted octanol–water partition coefficient (Wildman–Crippen LogP) is 3.25. The van der Waals surface area contributed by atoms with Gasteiger partial charge in [-0.1, -0.05) is 37.3 Å². The Hall–Kier alpha value is -1.24. The molecule has 15 heavy (non-hydrogen) atoms. The summed E-state index contributed by atoms with van der Waals surface area (Å²) in [5.74, 6) is 1.82. The van der Waals surface area contributed by atoms with Crippen LogP contribution in [0.15, 0.2) is 36.4 Å². The fourth-order valence-corrected chi connectivity index (χ4v) is 3.36. The first kappa shape index (κ1) is 9.02. The molecular formula is C14H16O. The summed E-state index contributed by atoms with van der Waals surface area (Å²) in [4.78, 5) is 0. The molecule has 0 aliphatic heterocycles. The molecule has 3 atom stereocenters. The summed E-state index contributed by atoms with van der Waals surface area (Å²) in [5.41, 5.74) is 1.28. The highest BCUT2D eigenvalue weighted by Crippen LogP contribution is 2.54. The molecule has 78 valence electrons. The summed E-state index contributed by atoms with van der Waals surface area (Å²) in [6.07, 6.45) is 7.13. The van der Waals surface area contributed by atoms with Crippen LogP contribution in [0.4, 0.5) is 0 Å². The van der Waals surface area contributed by atoms with Gasteiger partial charge >= 0.3 is 0 Å². The topological polar surface area (TPSA) is 20.2 Å². The van der Waals surface area contributed by atoms with Crippen LogP contribution in [0.3, 0.4) is 0 Å². The van der Waals surface area contributed by atoms with Crippen molar-refractivity contribution in [3.8, 4) is 5.75 Å². The number of benzene rings is 1. The van der Waals surface area contributed by atoms with Gasteiger partial charge in [-0.05, 0) is 30.7 Å². The molecule has 1 aromatic carbocycles. The molecule has 0 radical (unpaired) electrons. The van der Waals surface area contributed by atoms with Crippen molar-refractivity contribution in [2.45, 2.75) is 25.2 Å². The number of fused-ring (bicyclic) bond motifs is 2. The summed E-state index contributed by atoms with van der Waals surface area (Å²) in [6.45, 7) is 2.29. The van der Waals surface area contributed by atoms with Crippen LogP contribution in [-0.4, -0.2) is 5.11 Å². The highest BCUT2D eigenvalue weighted by Gasteiger charge is 2.46. The molecule has 2 bridgehead atoms. The third kappa shape index (κ3) is 1.16. The monoisotopic (exact) mass is 200 g/mol. The van der Waals surface area contributed by atoms with Gasteiger partial charge < -0.3 is 5.11 Å². The third-order valence-corrected chi connectivity index (χ3v) is 4.20. The number of phenolic OH excluding ortho intramolecular Hbond substituents is 1. The maximum Gasteiger partial charge on any atom is 0.119 e. The van der Waals surface area contributed by atoms with Crippen molar-refractivity contribution in [3.05, 3.63) is 42.0 Å². The van der Waals surface area contributed by atoms with E-state index >= 15 is 0 Å². The summed E-state index contributed by atoms with van der Waals surface area (Å²) < 4.78 is 0. The third-order valence-electron chi connectivity index (χ3n) is 4.20. The minimum atomic E-state index is 0.158. The Labute approximate surface area is 90.4 Å². The molecule has 1 fully saturated rings. The number of rotatable bonds is 1. The van der Waals surface area contributed by atoms with E-state index in [2.05, 4.69) is 25.1 Å². The minimum Gasteiger partial charge on any atom is -0.508 e. The van der Waals surface area contributed by atoms with Crippen LogP contribution in [0.1, 0.15) is 25.3 Å². The molecule has 1 saturated carbocycles. The number of hydrogen-bond donors (Lipinski definition) is 1. The van der Waals surface area contributed by atoms with Crippen molar-refractivity contribution in [1.82, 2.24) is 0 Å². The maximum atomic E-state index is 9.94. The quantitative estimate of drug-likeness (QED) is 0.690. The lowest BCUT2D eigenvalue weighted by atomic mass is 9.72. The van der Waals surface area contributed by atoms with E-state index in [1.54, 1.807) is 6.07 Å². The summed E-state index contributed by atoms with van der Waals surface area (Å²) in [7, 11) is 0. The molecular weight excluding hydrogens is 184 g/mol. The Bertz CT molecular complexity index is 421. The van der Waals surface area contributed by atoms with Gasteiger partial charge in [-0.15, -0.1) is 0 Å². The number of para-hydroxylation sites is 1. The molecule has 1 aromatic rings. The Kier molecular flexibility index (Phi) is 1.73. The van der Waals surface area contributed by atoms with Crippen LogP contribution in [0.2, 0.25) is 0 Å². The molecule has 2 aliphatic carbocycles. The molecule has 0 heterocycles. The van der Waals surface area contributed by atoms with Crippen LogP contribution in [0.25, 0.3) is 0 Å². The van der Waals surface area contributed by atoms with Gasteiger partial charge in [0, 0.05) is 11.0 Å². The molecule has 1 heteroatoms. The summed E-state index contributed by atoms with van der Waals surface area (Å²) in [5, 5.41) is 9.94. The molecule has 0 amide bonds. The van der Waals surface area contributed by atoms with Gasteiger partial charge in [-0.3, -0.25) is 0 Å². The fraction of sp³-hybridized carbons (Fsp3) is 0.429. The molecule has 1 nitrogen and oxygen atoms in total. The van der Waals surface area contributed by atoms with Gasteiger partial charge in [0.25, 0.3) is 0 Å². The first-order chi connectivity index (χ1) is 7.20. The second-order valence-corrected chi connectivity index (χ2v) is 5.13. The first-order valence-electron chi connectivity index (χ1n) is 5.67. The lowest BCUT2D eigenvalue weighted by Crippen LogP contribution is -2.26. The lowest BCUT2D eigenvalue weighted by Gasteiger charge is -2.32. The van der Waals surface area contributed by atoms with Gasteiger partial charge in [0.1, 0.15) is 5.75 Å². The van der Waals surface area contributed by atoms with E-state index in [1.165, 1.54) is 12.8 Å². The van der Waals surface area contributed by atoms with Crippen LogP contribution in [-0.2, 0) is 5.41 Å². The zero-order valence-corrected chi connectivity index (χ0v) is 8.98. The maximum absolute atomic E-state index is 9.94. The smallest absolute Gasteiger partial charge is 0.119 e. The van der Waals surface area contributed by atoms with E-state index in [0.717, 1.165) is 11.5 Å². The van der Waals surface area contributed by atoms with Crippen LogP contribution >= 0.6 is 0 Å². The second-order valence-electron chi connectivity index (χ2n) is 5.13. The molecule has 3 unspecified atom stereocenters. The van der Waals surface area contributed by atoms with E-state index in [4.69, 9.17) is 0 Å². The Morgan fingerprint density at radius 1 is 1.27 bits per heavy atom. The second kappa shape index (κ2) is 2.88. The summed E-state index contributed by atoms with van der Waals surface area (Å²) in [6, 6.07) is 7.79. The van der Waals surface area contributed by atoms with Crippen molar-refractivity contribution < 1.29 is 5.11 Å². The number of allylic oxidation sites excluding steroid dienone is 2. The van der Waals surface area contributed by atoms with E-state index in [-0.39, 0.29) is 5.41 Å². The van der Waals surface area contributed by atoms with E-state index in [1.807, 2.05) is 12.1 Å². The lowest BCUT2D eigenvalue weighted by molar-refractivity contribution is 0.369. The van der Waals surface area contributed by atoms with E-state index in [0.29, 0.717) is 11.7 Å². The summed E-state index contributed by atoms with van der Waals surface area (Å²) >= 11 is 0. The first-order valence-corrected chi connectivity index (χ1v) is 5.67. The van der Waals surface area contributed by atoms with Gasteiger partial charge in [0.2, 0.25) is 0 Å². The van der Waals surface area contributed by atoms with Gasteiger partial charge in [0.05, 0.1) is 0 Å². The van der Waals surface area contributed by atoms with Crippen molar-refractivity contribution in [2.75, 3.05) is 0 Å². The molecule has 1 N–H and O–H groups in total. The van der Waals surface area contributed by atoms with E-state index < -0.39 is 0 Å².